The molecule has 0 amide bonds. The Hall–Kier alpha value is -0.940. The highest BCUT2D eigenvalue weighted by Crippen LogP contribution is 2.29. The van der Waals surface area contributed by atoms with E-state index in [1.807, 2.05) is 30.3 Å². The van der Waals surface area contributed by atoms with Gasteiger partial charge in [0.15, 0.2) is 0 Å². The fourth-order valence-corrected chi connectivity index (χ4v) is 2.48. The van der Waals surface area contributed by atoms with Crippen molar-refractivity contribution in [1.82, 2.24) is 10.4 Å². The second-order valence-corrected chi connectivity index (χ2v) is 4.74. The molecule has 2 aromatic rings. The van der Waals surface area contributed by atoms with Crippen molar-refractivity contribution in [2.75, 3.05) is 0 Å². The predicted octanol–water partition coefficient (Wildman–Crippen LogP) is 2.35. The molecular weight excluding hydrogens is 230 g/mol. The number of nitrogens with two attached hydrogens (primary N) is 1. The molecule has 5 heteroatoms. The van der Waals surface area contributed by atoms with Crippen LogP contribution in [0, 0.1) is 0 Å². The van der Waals surface area contributed by atoms with Gasteiger partial charge >= 0.3 is 0 Å². The molecule has 0 saturated heterocycles. The SMILES string of the molecule is NNC(c1ccccn1)c1ccc(Cl)s1. The van der Waals surface area contributed by atoms with Crippen LogP contribution >= 0.6 is 22.9 Å². The van der Waals surface area contributed by atoms with Crippen LogP contribution in [0.5, 0.6) is 0 Å². The number of nitrogens with zero attached hydrogens (tertiary/aromatic N) is 1. The zero-order valence-corrected chi connectivity index (χ0v) is 9.42. The highest BCUT2D eigenvalue weighted by Gasteiger charge is 2.15. The second-order valence-electron chi connectivity index (χ2n) is 3.00. The van der Waals surface area contributed by atoms with Gasteiger partial charge in [0.2, 0.25) is 0 Å². The van der Waals surface area contributed by atoms with Gasteiger partial charge in [0, 0.05) is 11.1 Å². The average molecular weight is 240 g/mol. The van der Waals surface area contributed by atoms with Crippen LogP contribution in [0.4, 0.5) is 0 Å². The monoisotopic (exact) mass is 239 g/mol. The van der Waals surface area contributed by atoms with Crippen molar-refractivity contribution >= 4 is 22.9 Å². The number of nitrogens with one attached hydrogen (secondary N) is 1. The van der Waals surface area contributed by atoms with Crippen LogP contribution < -0.4 is 11.3 Å². The van der Waals surface area contributed by atoms with E-state index in [1.54, 1.807) is 6.20 Å². The smallest absolute Gasteiger partial charge is 0.0973 e. The Morgan fingerprint density at radius 2 is 2.20 bits per heavy atom. The molecule has 0 fully saturated rings. The zero-order valence-electron chi connectivity index (χ0n) is 7.85. The summed E-state index contributed by atoms with van der Waals surface area (Å²) in [5.41, 5.74) is 3.62. The van der Waals surface area contributed by atoms with Gasteiger partial charge in [0.1, 0.15) is 0 Å². The van der Waals surface area contributed by atoms with Gasteiger partial charge in [-0.15, -0.1) is 11.3 Å². The van der Waals surface area contributed by atoms with Crippen molar-refractivity contribution < 1.29 is 0 Å². The minimum Gasteiger partial charge on any atom is -0.270 e. The van der Waals surface area contributed by atoms with E-state index in [2.05, 4.69) is 10.4 Å². The minimum absolute atomic E-state index is 0.0938. The fourth-order valence-electron chi connectivity index (χ4n) is 1.34. The number of rotatable bonds is 3. The van der Waals surface area contributed by atoms with E-state index >= 15 is 0 Å². The van der Waals surface area contributed by atoms with E-state index in [0.717, 1.165) is 14.9 Å². The first-order valence-electron chi connectivity index (χ1n) is 4.43. The molecule has 2 aromatic heterocycles. The van der Waals surface area contributed by atoms with Crippen LogP contribution in [-0.2, 0) is 0 Å². The van der Waals surface area contributed by atoms with Crippen LogP contribution in [0.15, 0.2) is 36.5 Å². The third-order valence-electron chi connectivity index (χ3n) is 2.03. The van der Waals surface area contributed by atoms with E-state index < -0.39 is 0 Å². The summed E-state index contributed by atoms with van der Waals surface area (Å²) in [7, 11) is 0. The normalized spacial score (nSPS) is 12.7. The van der Waals surface area contributed by atoms with Crippen molar-refractivity contribution in [1.29, 1.82) is 0 Å². The number of hydrogen-bond donors (Lipinski definition) is 2. The molecule has 0 aliphatic heterocycles. The molecule has 1 atom stereocenters. The molecule has 0 aliphatic carbocycles. The number of hydrazine groups is 1. The van der Waals surface area contributed by atoms with Crippen LogP contribution in [0.2, 0.25) is 4.34 Å². The van der Waals surface area contributed by atoms with Crippen molar-refractivity contribution in [3.05, 3.63) is 51.4 Å². The third-order valence-corrected chi connectivity index (χ3v) is 3.32. The maximum Gasteiger partial charge on any atom is 0.0973 e. The lowest BCUT2D eigenvalue weighted by Gasteiger charge is -2.12. The summed E-state index contributed by atoms with van der Waals surface area (Å²) >= 11 is 7.38. The van der Waals surface area contributed by atoms with Crippen LogP contribution in [0.3, 0.4) is 0 Å². The maximum absolute atomic E-state index is 5.88. The second kappa shape index (κ2) is 4.72. The number of hydrogen-bond acceptors (Lipinski definition) is 4. The lowest BCUT2D eigenvalue weighted by atomic mass is 10.1. The van der Waals surface area contributed by atoms with E-state index in [-0.39, 0.29) is 6.04 Å². The van der Waals surface area contributed by atoms with Crippen LogP contribution in [-0.4, -0.2) is 4.98 Å². The summed E-state index contributed by atoms with van der Waals surface area (Å²) in [6.07, 6.45) is 1.74. The van der Waals surface area contributed by atoms with E-state index in [0.29, 0.717) is 0 Å². The van der Waals surface area contributed by atoms with Crippen LogP contribution in [0.25, 0.3) is 0 Å². The third kappa shape index (κ3) is 2.35. The molecule has 0 bridgehead atoms. The summed E-state index contributed by atoms with van der Waals surface area (Å²) in [5.74, 6) is 5.52. The Bertz CT molecular complexity index is 429. The molecule has 0 radical (unpaired) electrons. The Labute approximate surface area is 96.9 Å². The number of halogens is 1. The van der Waals surface area contributed by atoms with Crippen molar-refractivity contribution in [2.45, 2.75) is 6.04 Å². The first-order valence-corrected chi connectivity index (χ1v) is 5.63. The fraction of sp³-hybridized carbons (Fsp3) is 0.100. The van der Waals surface area contributed by atoms with E-state index in [9.17, 15) is 0 Å². The molecule has 3 nitrogen and oxygen atoms in total. The predicted molar refractivity (Wildman–Crippen MR) is 62.7 cm³/mol. The van der Waals surface area contributed by atoms with Crippen molar-refractivity contribution in [3.8, 4) is 0 Å². The lowest BCUT2D eigenvalue weighted by Crippen LogP contribution is -2.28. The molecular formula is C10H10ClN3S. The van der Waals surface area contributed by atoms with E-state index in [4.69, 9.17) is 17.4 Å². The maximum atomic E-state index is 5.88. The first kappa shape index (κ1) is 10.6. The van der Waals surface area contributed by atoms with Gasteiger partial charge in [-0.25, -0.2) is 5.43 Å². The largest absolute Gasteiger partial charge is 0.270 e. The number of aromatic nitrogens is 1. The quantitative estimate of drug-likeness (QED) is 0.639. The lowest BCUT2D eigenvalue weighted by molar-refractivity contribution is 0.630. The van der Waals surface area contributed by atoms with Crippen molar-refractivity contribution in [2.24, 2.45) is 5.84 Å². The van der Waals surface area contributed by atoms with Gasteiger partial charge in [0.25, 0.3) is 0 Å². The summed E-state index contributed by atoms with van der Waals surface area (Å²) in [4.78, 5) is 5.31. The van der Waals surface area contributed by atoms with Gasteiger partial charge < -0.3 is 0 Å². The molecule has 0 spiro atoms. The molecule has 2 rings (SSSR count). The summed E-state index contributed by atoms with van der Waals surface area (Å²) in [6.45, 7) is 0. The molecule has 78 valence electrons. The van der Waals surface area contributed by atoms with Gasteiger partial charge in [-0.1, -0.05) is 17.7 Å². The van der Waals surface area contributed by atoms with Gasteiger partial charge in [-0.3, -0.25) is 10.8 Å². The standard InChI is InChI=1S/C10H10ClN3S/c11-9-5-4-8(15-9)10(14-12)7-3-1-2-6-13-7/h1-6,10,14H,12H2. The molecule has 15 heavy (non-hydrogen) atoms. The topological polar surface area (TPSA) is 50.9 Å². The molecule has 0 saturated carbocycles. The summed E-state index contributed by atoms with van der Waals surface area (Å²) < 4.78 is 0.751. The minimum atomic E-state index is -0.0938. The van der Waals surface area contributed by atoms with Crippen LogP contribution in [0.1, 0.15) is 16.6 Å². The Kier molecular flexibility index (Phi) is 3.33. The average Bonchev–Trinajstić information content (AvgIpc) is 2.68. The summed E-state index contributed by atoms with van der Waals surface area (Å²) in [5, 5.41) is 0. The molecule has 2 heterocycles. The molecule has 0 aromatic carbocycles. The van der Waals surface area contributed by atoms with Gasteiger partial charge in [-0.05, 0) is 24.3 Å². The van der Waals surface area contributed by atoms with Crippen molar-refractivity contribution in [3.63, 3.8) is 0 Å². The first-order chi connectivity index (χ1) is 7.31. The highest BCUT2D eigenvalue weighted by molar-refractivity contribution is 7.16. The summed E-state index contributed by atoms with van der Waals surface area (Å²) in [6, 6.07) is 9.45. The number of pyridine rings is 1. The Morgan fingerprint density at radius 3 is 2.73 bits per heavy atom. The van der Waals surface area contributed by atoms with E-state index in [1.165, 1.54) is 11.3 Å². The number of thiophene rings is 1. The zero-order chi connectivity index (χ0) is 10.7. The Morgan fingerprint density at radius 1 is 1.33 bits per heavy atom. The molecule has 0 aliphatic rings. The molecule has 3 N–H and O–H groups in total. The molecule has 1 unspecified atom stereocenters. The Balaban J connectivity index is 2.33. The highest BCUT2D eigenvalue weighted by atomic mass is 35.5. The van der Waals surface area contributed by atoms with Gasteiger partial charge in [-0.2, -0.15) is 0 Å². The van der Waals surface area contributed by atoms with Gasteiger partial charge in [0.05, 0.1) is 16.1 Å².